The van der Waals surface area contributed by atoms with Crippen LogP contribution in [0.5, 0.6) is 0 Å². The van der Waals surface area contributed by atoms with Crippen LogP contribution in [-0.2, 0) is 9.53 Å². The number of benzene rings is 1. The number of nitrogens with zero attached hydrogens (tertiary/aromatic N) is 1. The van der Waals surface area contributed by atoms with Crippen molar-refractivity contribution in [1.29, 1.82) is 5.26 Å². The highest BCUT2D eigenvalue weighted by atomic mass is 19.1. The van der Waals surface area contributed by atoms with E-state index in [2.05, 4.69) is 4.74 Å². The fourth-order valence-electron chi connectivity index (χ4n) is 1.60. The predicted octanol–water partition coefficient (Wildman–Crippen LogP) is 1.93. The molecule has 0 amide bonds. The Labute approximate surface area is 105 Å². The number of hydrogen-bond acceptors (Lipinski definition) is 4. The fraction of sp³-hybridized carbons (Fsp3) is 0.385. The number of halogens is 1. The molecule has 0 aliphatic heterocycles. The van der Waals surface area contributed by atoms with Crippen molar-refractivity contribution >= 4 is 5.97 Å². The molecule has 96 valence electrons. The molecule has 5 heteroatoms. The summed E-state index contributed by atoms with van der Waals surface area (Å²) < 4.78 is 17.7. The summed E-state index contributed by atoms with van der Waals surface area (Å²) in [7, 11) is 1.27. The van der Waals surface area contributed by atoms with E-state index in [0.29, 0.717) is 5.56 Å². The van der Waals surface area contributed by atoms with Gasteiger partial charge >= 0.3 is 5.97 Å². The van der Waals surface area contributed by atoms with Gasteiger partial charge in [0.15, 0.2) is 0 Å². The number of esters is 1. The van der Waals surface area contributed by atoms with Crippen LogP contribution in [0.3, 0.4) is 0 Å². The van der Waals surface area contributed by atoms with E-state index in [1.165, 1.54) is 19.2 Å². The third-order valence-corrected chi connectivity index (χ3v) is 2.68. The number of carbonyl (C=O) groups is 1. The number of hydrogen-bond donors (Lipinski definition) is 1. The first kappa shape index (κ1) is 14.1. The quantitative estimate of drug-likeness (QED) is 0.830. The number of carbonyl (C=O) groups excluding carboxylic acids is 1. The summed E-state index contributed by atoms with van der Waals surface area (Å²) in [5, 5.41) is 18.6. The molecule has 0 saturated heterocycles. The Balaban J connectivity index is 2.82. The molecule has 0 aromatic heterocycles. The van der Waals surface area contributed by atoms with Crippen LogP contribution in [0.4, 0.5) is 4.39 Å². The molecule has 2 unspecified atom stereocenters. The Hall–Kier alpha value is -1.93. The third-order valence-electron chi connectivity index (χ3n) is 2.68. The lowest BCUT2D eigenvalue weighted by Gasteiger charge is -2.15. The Kier molecular flexibility index (Phi) is 4.81. The molecule has 0 aliphatic rings. The second-order valence-electron chi connectivity index (χ2n) is 4.03. The van der Waals surface area contributed by atoms with Gasteiger partial charge in [0.2, 0.25) is 0 Å². The van der Waals surface area contributed by atoms with Crippen LogP contribution in [0.25, 0.3) is 0 Å². The molecule has 0 bridgehead atoms. The van der Waals surface area contributed by atoms with Gasteiger partial charge in [-0.15, -0.1) is 0 Å². The van der Waals surface area contributed by atoms with Crippen LogP contribution in [0.2, 0.25) is 0 Å². The topological polar surface area (TPSA) is 70.3 Å². The molecule has 1 aromatic carbocycles. The molecule has 0 saturated carbocycles. The average Bonchev–Trinajstić information content (AvgIpc) is 2.37. The Morgan fingerprint density at radius 3 is 2.83 bits per heavy atom. The van der Waals surface area contributed by atoms with Crippen molar-refractivity contribution in [3.63, 3.8) is 0 Å². The molecule has 18 heavy (non-hydrogen) atoms. The van der Waals surface area contributed by atoms with E-state index in [1.54, 1.807) is 13.0 Å². The summed E-state index contributed by atoms with van der Waals surface area (Å²) in [6, 6.07) is 5.50. The highest BCUT2D eigenvalue weighted by Crippen LogP contribution is 2.23. The van der Waals surface area contributed by atoms with Gasteiger partial charge in [-0.2, -0.15) is 5.26 Å². The van der Waals surface area contributed by atoms with Gasteiger partial charge in [0.05, 0.1) is 24.7 Å². The molecule has 0 fully saturated rings. The van der Waals surface area contributed by atoms with Crippen LogP contribution < -0.4 is 0 Å². The van der Waals surface area contributed by atoms with Gasteiger partial charge in [0.1, 0.15) is 11.9 Å². The third kappa shape index (κ3) is 3.28. The van der Waals surface area contributed by atoms with E-state index in [1.807, 2.05) is 0 Å². The summed E-state index contributed by atoms with van der Waals surface area (Å²) in [6.07, 6.45) is -0.782. The minimum Gasteiger partial charge on any atom is -0.469 e. The molecule has 2 atom stereocenters. The number of rotatable bonds is 4. The summed E-state index contributed by atoms with van der Waals surface area (Å²) in [6.45, 7) is 1.63. The normalized spacial score (nSPS) is 13.5. The number of ether oxygens (including phenoxy) is 1. The van der Waals surface area contributed by atoms with Crippen LogP contribution in [0, 0.1) is 23.1 Å². The van der Waals surface area contributed by atoms with Gasteiger partial charge in [-0.1, -0.05) is 13.0 Å². The van der Waals surface area contributed by atoms with Gasteiger partial charge < -0.3 is 9.84 Å². The highest BCUT2D eigenvalue weighted by Gasteiger charge is 2.19. The second-order valence-corrected chi connectivity index (χ2v) is 4.03. The molecule has 1 N–H and O–H groups in total. The van der Waals surface area contributed by atoms with Crippen molar-refractivity contribution in [3.8, 4) is 6.07 Å². The standard InChI is InChI=1S/C13H14FNO3/c1-8(13(17)18-2)5-12(16)9-3-4-11(14)10(6-9)7-15/h3-4,6,8,12,16H,5H2,1-2H3. The minimum atomic E-state index is -0.938. The summed E-state index contributed by atoms with van der Waals surface area (Å²) in [5.74, 6) is -1.52. The molecule has 0 radical (unpaired) electrons. The maximum atomic E-state index is 13.1. The first-order valence-electron chi connectivity index (χ1n) is 5.45. The number of methoxy groups -OCH3 is 1. The zero-order valence-electron chi connectivity index (χ0n) is 10.2. The largest absolute Gasteiger partial charge is 0.469 e. The van der Waals surface area contributed by atoms with E-state index >= 15 is 0 Å². The van der Waals surface area contributed by atoms with Crippen molar-refractivity contribution in [1.82, 2.24) is 0 Å². The molecule has 0 heterocycles. The summed E-state index contributed by atoms with van der Waals surface area (Å²) >= 11 is 0. The molecule has 1 aromatic rings. The van der Waals surface area contributed by atoms with Crippen LogP contribution in [0.15, 0.2) is 18.2 Å². The zero-order chi connectivity index (χ0) is 13.7. The first-order valence-corrected chi connectivity index (χ1v) is 5.45. The number of aliphatic hydroxyl groups is 1. The fourth-order valence-corrected chi connectivity index (χ4v) is 1.60. The molecule has 0 aliphatic carbocycles. The van der Waals surface area contributed by atoms with Gasteiger partial charge in [-0.3, -0.25) is 4.79 Å². The second kappa shape index (κ2) is 6.12. The molecule has 1 rings (SSSR count). The van der Waals surface area contributed by atoms with Crippen molar-refractivity contribution in [2.75, 3.05) is 7.11 Å². The maximum Gasteiger partial charge on any atom is 0.308 e. The number of nitriles is 1. The van der Waals surface area contributed by atoms with Gasteiger partial charge in [-0.05, 0) is 24.1 Å². The smallest absolute Gasteiger partial charge is 0.308 e. The molecule has 4 nitrogen and oxygen atoms in total. The van der Waals surface area contributed by atoms with Crippen LogP contribution in [-0.4, -0.2) is 18.2 Å². The van der Waals surface area contributed by atoms with E-state index in [4.69, 9.17) is 5.26 Å². The number of aliphatic hydroxyl groups excluding tert-OH is 1. The van der Waals surface area contributed by atoms with Gasteiger partial charge in [0, 0.05) is 0 Å². The summed E-state index contributed by atoms with van der Waals surface area (Å²) in [5.41, 5.74) is 0.279. The van der Waals surface area contributed by atoms with Crippen molar-refractivity contribution < 1.29 is 19.0 Å². The van der Waals surface area contributed by atoms with Gasteiger partial charge in [0.25, 0.3) is 0 Å². The van der Waals surface area contributed by atoms with Crippen LogP contribution >= 0.6 is 0 Å². The van der Waals surface area contributed by atoms with Crippen molar-refractivity contribution in [3.05, 3.63) is 35.1 Å². The Bertz CT molecular complexity index is 482. The zero-order valence-corrected chi connectivity index (χ0v) is 10.2. The van der Waals surface area contributed by atoms with E-state index in [9.17, 15) is 14.3 Å². The lowest BCUT2D eigenvalue weighted by molar-refractivity contribution is -0.145. The molecular weight excluding hydrogens is 237 g/mol. The van der Waals surface area contributed by atoms with Crippen molar-refractivity contribution in [2.45, 2.75) is 19.4 Å². The lowest BCUT2D eigenvalue weighted by Crippen LogP contribution is -2.16. The highest BCUT2D eigenvalue weighted by molar-refractivity contribution is 5.71. The monoisotopic (exact) mass is 251 g/mol. The summed E-state index contributed by atoms with van der Waals surface area (Å²) in [4.78, 5) is 11.2. The van der Waals surface area contributed by atoms with Crippen molar-refractivity contribution in [2.24, 2.45) is 5.92 Å². The van der Waals surface area contributed by atoms with Gasteiger partial charge in [-0.25, -0.2) is 4.39 Å². The molecular formula is C13H14FNO3. The Morgan fingerprint density at radius 2 is 2.28 bits per heavy atom. The SMILES string of the molecule is COC(=O)C(C)CC(O)c1ccc(F)c(C#N)c1. The predicted molar refractivity (Wildman–Crippen MR) is 61.9 cm³/mol. The van der Waals surface area contributed by atoms with E-state index < -0.39 is 23.8 Å². The van der Waals surface area contributed by atoms with E-state index in [0.717, 1.165) is 6.07 Å². The first-order chi connectivity index (χ1) is 8.49. The minimum absolute atomic E-state index is 0.128. The molecule has 0 spiro atoms. The van der Waals surface area contributed by atoms with Crippen LogP contribution in [0.1, 0.15) is 30.6 Å². The Morgan fingerprint density at radius 1 is 1.61 bits per heavy atom. The average molecular weight is 251 g/mol. The lowest BCUT2D eigenvalue weighted by atomic mass is 9.97. The van der Waals surface area contributed by atoms with E-state index in [-0.39, 0.29) is 12.0 Å². The maximum absolute atomic E-state index is 13.1.